The highest BCUT2D eigenvalue weighted by Crippen LogP contribution is 2.25. The summed E-state index contributed by atoms with van der Waals surface area (Å²) in [6, 6.07) is 7.32. The number of benzene rings is 1. The second-order valence-electron chi connectivity index (χ2n) is 7.19. The third-order valence-electron chi connectivity index (χ3n) is 5.35. The molecule has 0 unspecified atom stereocenters. The monoisotopic (exact) mass is 389 g/mol. The van der Waals surface area contributed by atoms with E-state index in [1.807, 2.05) is 18.2 Å². The molecule has 0 radical (unpaired) electrons. The fraction of sp³-hybridized carbons (Fsp3) is 0.333. The fourth-order valence-corrected chi connectivity index (χ4v) is 3.75. The summed E-state index contributed by atoms with van der Waals surface area (Å²) < 4.78 is 0. The Morgan fingerprint density at radius 3 is 2.83 bits per heavy atom. The van der Waals surface area contributed by atoms with Crippen molar-refractivity contribution in [3.63, 3.8) is 0 Å². The van der Waals surface area contributed by atoms with Gasteiger partial charge in [0.1, 0.15) is 5.69 Å². The second-order valence-corrected chi connectivity index (χ2v) is 7.19. The molecular weight excluding hydrogens is 366 g/mol. The van der Waals surface area contributed by atoms with Crippen molar-refractivity contribution in [2.75, 3.05) is 37.6 Å². The van der Waals surface area contributed by atoms with E-state index in [4.69, 9.17) is 12.3 Å². The molecule has 1 amide bonds. The molecule has 8 nitrogen and oxygen atoms in total. The molecule has 1 aromatic carbocycles. The molecule has 0 atom stereocenters. The van der Waals surface area contributed by atoms with Gasteiger partial charge in [0.05, 0.1) is 6.57 Å². The van der Waals surface area contributed by atoms with Gasteiger partial charge in [-0.25, -0.2) is 14.8 Å². The van der Waals surface area contributed by atoms with Crippen molar-refractivity contribution in [3.8, 4) is 0 Å². The minimum absolute atomic E-state index is 0.248. The van der Waals surface area contributed by atoms with E-state index in [0.29, 0.717) is 11.6 Å². The van der Waals surface area contributed by atoms with E-state index in [1.54, 1.807) is 6.20 Å². The predicted molar refractivity (Wildman–Crippen MR) is 112 cm³/mol. The average molecular weight is 389 g/mol. The number of nitrogens with two attached hydrogens (primary N) is 1. The van der Waals surface area contributed by atoms with Crippen LogP contribution in [0.3, 0.4) is 0 Å². The van der Waals surface area contributed by atoms with E-state index >= 15 is 0 Å². The number of carbonyl (C=O) groups excluding carboxylic acids is 1. The summed E-state index contributed by atoms with van der Waals surface area (Å²) in [5.41, 5.74) is 8.58. The molecule has 148 valence electrons. The Labute approximate surface area is 169 Å². The van der Waals surface area contributed by atoms with E-state index in [-0.39, 0.29) is 5.69 Å². The van der Waals surface area contributed by atoms with E-state index in [9.17, 15) is 4.79 Å². The first-order chi connectivity index (χ1) is 14.1. The summed E-state index contributed by atoms with van der Waals surface area (Å²) in [5.74, 6) is 0.0310. The topological polar surface area (TPSA) is 95.5 Å². The van der Waals surface area contributed by atoms with Gasteiger partial charge in [0, 0.05) is 44.1 Å². The number of H-pyrrole nitrogens is 1. The summed E-state index contributed by atoms with van der Waals surface area (Å²) in [5, 5.41) is 1.15. The fourth-order valence-electron chi connectivity index (χ4n) is 3.75. The second kappa shape index (κ2) is 8.29. The molecule has 2 aromatic heterocycles. The van der Waals surface area contributed by atoms with Crippen LogP contribution in [0.1, 0.15) is 22.5 Å². The smallest absolute Gasteiger partial charge is 0.267 e. The summed E-state index contributed by atoms with van der Waals surface area (Å²) in [4.78, 5) is 31.2. The lowest BCUT2D eigenvalue weighted by molar-refractivity contribution is 0.0995. The van der Waals surface area contributed by atoms with Crippen molar-refractivity contribution in [2.45, 2.75) is 12.8 Å². The number of hydrogen-bond acceptors (Lipinski definition) is 5. The van der Waals surface area contributed by atoms with Crippen molar-refractivity contribution in [1.82, 2.24) is 19.9 Å². The van der Waals surface area contributed by atoms with Gasteiger partial charge in [-0.2, -0.15) is 0 Å². The zero-order chi connectivity index (χ0) is 20.2. The Morgan fingerprint density at radius 2 is 2.07 bits per heavy atom. The molecule has 0 spiro atoms. The summed E-state index contributed by atoms with van der Waals surface area (Å²) in [6.45, 7) is 11.7. The number of rotatable bonds is 6. The number of carbonyl (C=O) groups is 1. The molecule has 0 aliphatic carbocycles. The first-order valence-electron chi connectivity index (χ1n) is 9.71. The zero-order valence-electron chi connectivity index (χ0n) is 16.1. The number of anilines is 1. The summed E-state index contributed by atoms with van der Waals surface area (Å²) >= 11 is 0. The lowest BCUT2D eigenvalue weighted by Crippen LogP contribution is -2.47. The summed E-state index contributed by atoms with van der Waals surface area (Å²) in [7, 11) is 0. The van der Waals surface area contributed by atoms with E-state index < -0.39 is 5.91 Å². The number of aromatic nitrogens is 3. The molecule has 4 rings (SSSR count). The number of primary amides is 1. The normalized spacial score (nSPS) is 14.8. The molecule has 1 aliphatic rings. The molecular formula is C21H23N7O. The van der Waals surface area contributed by atoms with Gasteiger partial charge >= 0.3 is 0 Å². The molecule has 0 bridgehead atoms. The minimum Gasteiger partial charge on any atom is -0.364 e. The van der Waals surface area contributed by atoms with Crippen molar-refractivity contribution in [1.29, 1.82) is 0 Å². The van der Waals surface area contributed by atoms with Crippen molar-refractivity contribution < 1.29 is 4.79 Å². The van der Waals surface area contributed by atoms with Crippen molar-refractivity contribution in [2.24, 2.45) is 5.73 Å². The third kappa shape index (κ3) is 4.20. The Kier molecular flexibility index (Phi) is 5.40. The number of aryl methyl sites for hydroxylation is 1. The van der Waals surface area contributed by atoms with Gasteiger partial charge in [-0.05, 0) is 48.5 Å². The molecule has 1 aliphatic heterocycles. The quantitative estimate of drug-likeness (QED) is 0.631. The van der Waals surface area contributed by atoms with Crippen LogP contribution in [-0.4, -0.2) is 58.5 Å². The highest BCUT2D eigenvalue weighted by molar-refractivity contribution is 5.90. The minimum atomic E-state index is -0.534. The SMILES string of the molecule is [C-]#[N+]c1ccc2[nH]cc(CCCN3CCN(c4nccc(C(N)=O)n4)CC3)c2c1. The van der Waals surface area contributed by atoms with Gasteiger partial charge in [0.2, 0.25) is 5.95 Å². The first-order valence-corrected chi connectivity index (χ1v) is 9.71. The van der Waals surface area contributed by atoms with Crippen LogP contribution in [0.5, 0.6) is 0 Å². The van der Waals surface area contributed by atoms with Crippen molar-refractivity contribution >= 4 is 28.4 Å². The maximum Gasteiger partial charge on any atom is 0.267 e. The van der Waals surface area contributed by atoms with Gasteiger partial charge in [0.25, 0.3) is 5.91 Å². The molecule has 3 N–H and O–H groups in total. The predicted octanol–water partition coefficient (Wildman–Crippen LogP) is 2.36. The largest absolute Gasteiger partial charge is 0.364 e. The van der Waals surface area contributed by atoms with Crippen LogP contribution in [0.25, 0.3) is 15.7 Å². The lowest BCUT2D eigenvalue weighted by Gasteiger charge is -2.34. The standard InChI is InChI=1S/C21H23N7O/c1-23-16-4-5-18-17(13-16)15(14-25-18)3-2-8-27-9-11-28(12-10-27)21-24-7-6-19(26-21)20(22)29/h4-7,13-14,25H,2-3,8-12H2,(H2,22,29). The molecule has 1 saturated heterocycles. The molecule has 3 aromatic rings. The Hall–Kier alpha value is -3.44. The molecule has 0 saturated carbocycles. The molecule has 29 heavy (non-hydrogen) atoms. The van der Waals surface area contributed by atoms with E-state index in [0.717, 1.165) is 56.5 Å². The maximum absolute atomic E-state index is 11.3. The van der Waals surface area contributed by atoms with Gasteiger partial charge in [0.15, 0.2) is 5.69 Å². The highest BCUT2D eigenvalue weighted by Gasteiger charge is 2.19. The van der Waals surface area contributed by atoms with E-state index in [2.05, 4.69) is 35.8 Å². The van der Waals surface area contributed by atoms with Gasteiger partial charge in [-0.15, -0.1) is 0 Å². The summed E-state index contributed by atoms with van der Waals surface area (Å²) in [6.07, 6.45) is 5.67. The van der Waals surface area contributed by atoms with Gasteiger partial charge in [-0.3, -0.25) is 9.69 Å². The Balaban J connectivity index is 1.29. The zero-order valence-corrected chi connectivity index (χ0v) is 16.1. The number of nitrogens with one attached hydrogen (secondary N) is 1. The van der Waals surface area contributed by atoms with Crippen molar-refractivity contribution in [3.05, 3.63) is 59.3 Å². The van der Waals surface area contributed by atoms with Crippen LogP contribution >= 0.6 is 0 Å². The Bertz CT molecular complexity index is 1060. The third-order valence-corrected chi connectivity index (χ3v) is 5.35. The number of nitrogens with zero attached hydrogens (tertiary/aromatic N) is 5. The highest BCUT2D eigenvalue weighted by atomic mass is 16.1. The lowest BCUT2D eigenvalue weighted by atomic mass is 10.1. The molecule has 1 fully saturated rings. The number of piperazine rings is 1. The van der Waals surface area contributed by atoms with Crippen LogP contribution in [0.15, 0.2) is 36.7 Å². The van der Waals surface area contributed by atoms with Crippen LogP contribution in [-0.2, 0) is 6.42 Å². The van der Waals surface area contributed by atoms with Gasteiger partial charge in [-0.1, -0.05) is 6.07 Å². The molecule has 3 heterocycles. The number of amides is 1. The van der Waals surface area contributed by atoms with Crippen LogP contribution < -0.4 is 10.6 Å². The number of aromatic amines is 1. The first kappa shape index (κ1) is 18.9. The molecule has 8 heteroatoms. The number of fused-ring (bicyclic) bond motifs is 1. The average Bonchev–Trinajstić information content (AvgIpc) is 3.16. The number of hydrogen-bond donors (Lipinski definition) is 2. The van der Waals surface area contributed by atoms with Crippen LogP contribution in [0, 0.1) is 6.57 Å². The Morgan fingerprint density at radius 1 is 1.24 bits per heavy atom. The van der Waals surface area contributed by atoms with Crippen LogP contribution in [0.4, 0.5) is 11.6 Å². The maximum atomic E-state index is 11.3. The van der Waals surface area contributed by atoms with E-state index in [1.165, 1.54) is 11.6 Å². The van der Waals surface area contributed by atoms with Crippen LogP contribution in [0.2, 0.25) is 0 Å². The van der Waals surface area contributed by atoms with Gasteiger partial charge < -0.3 is 15.6 Å².